The number of methoxy groups -OCH3 is 2. The number of Topliss-reactive ketones (excluding diaryl/α,β-unsaturated/α-hetero) is 2. The third-order valence-electron chi connectivity index (χ3n) is 14.1. The zero-order chi connectivity index (χ0) is 37.4. The number of ketones is 2. The van der Waals surface area contributed by atoms with Crippen LogP contribution in [0.15, 0.2) is 60.9 Å². The summed E-state index contributed by atoms with van der Waals surface area (Å²) >= 11 is 0. The number of carbonyl (C=O) groups is 4. The summed E-state index contributed by atoms with van der Waals surface area (Å²) in [6, 6.07) is 14.9. The lowest BCUT2D eigenvalue weighted by Gasteiger charge is -2.69. The minimum absolute atomic E-state index is 0. The Hall–Kier alpha value is -5.05. The normalized spacial score (nSPS) is 33.3. The van der Waals surface area contributed by atoms with E-state index in [0.717, 1.165) is 59.8 Å². The summed E-state index contributed by atoms with van der Waals surface area (Å²) in [4.78, 5) is 75.3. The van der Waals surface area contributed by atoms with Crippen LogP contribution in [-0.2, 0) is 9.47 Å². The summed E-state index contributed by atoms with van der Waals surface area (Å²) in [6.45, 7) is 5.54. The van der Waals surface area contributed by atoms with Crippen LogP contribution in [0.5, 0.6) is 0 Å². The van der Waals surface area contributed by atoms with Gasteiger partial charge in [-0.2, -0.15) is 0 Å². The Morgan fingerprint density at radius 1 is 0.673 bits per heavy atom. The first-order chi connectivity index (χ1) is 26.0. The average molecular weight is 767 g/mol. The zero-order valence-corrected chi connectivity index (χ0v) is 31.8. The zero-order valence-electron chi connectivity index (χ0n) is 31.0. The summed E-state index contributed by atoms with van der Waals surface area (Å²) in [5.74, 6) is 1.07. The first kappa shape index (κ1) is 35.6. The molecule has 8 aliphatic rings. The number of nitrogens with one attached hydrogen (secondary N) is 4. The highest BCUT2D eigenvalue weighted by Gasteiger charge is 2.79. The molecule has 4 bridgehead atoms. The highest BCUT2D eigenvalue weighted by molar-refractivity contribution is 6.08. The van der Waals surface area contributed by atoms with Crippen LogP contribution in [-0.4, -0.2) is 104 Å². The number of fused-ring (bicyclic) bond motifs is 4. The lowest BCUT2D eigenvalue weighted by atomic mass is 9.51. The van der Waals surface area contributed by atoms with Crippen molar-refractivity contribution in [3.63, 3.8) is 0 Å². The molecule has 2 aromatic carbocycles. The molecule has 2 amide bonds. The molecule has 0 aliphatic carbocycles. The lowest BCUT2D eigenvalue weighted by Crippen LogP contribution is -2.87. The monoisotopic (exact) mass is 766 g/mol. The van der Waals surface area contributed by atoms with Gasteiger partial charge in [-0.25, -0.2) is 19.6 Å². The van der Waals surface area contributed by atoms with Crippen LogP contribution in [0, 0.1) is 10.8 Å². The molecule has 15 heteroatoms. The summed E-state index contributed by atoms with van der Waals surface area (Å²) < 4.78 is 10.2. The molecule has 4 N–H and O–H groups in total. The van der Waals surface area contributed by atoms with Gasteiger partial charge in [-0.05, 0) is 36.8 Å². The van der Waals surface area contributed by atoms with E-state index in [-0.39, 0.29) is 47.9 Å². The number of amides is 2. The lowest BCUT2D eigenvalue weighted by molar-refractivity contribution is -0.179. The van der Waals surface area contributed by atoms with E-state index in [9.17, 15) is 19.2 Å². The molecule has 0 radical (unpaired) electrons. The smallest absolute Gasteiger partial charge is 0.408 e. The number of H-pyrrole nitrogens is 2. The Morgan fingerprint density at radius 3 is 1.36 bits per heavy atom. The molecule has 55 heavy (non-hydrogen) atoms. The Labute approximate surface area is 323 Å². The van der Waals surface area contributed by atoms with E-state index in [1.54, 1.807) is 24.3 Å². The fourth-order valence-electron chi connectivity index (χ4n) is 11.7. The molecular formula is C40H43ClN8O6. The van der Waals surface area contributed by atoms with Gasteiger partial charge < -0.3 is 19.4 Å². The van der Waals surface area contributed by atoms with Gasteiger partial charge in [0.2, 0.25) is 11.6 Å². The first-order valence-electron chi connectivity index (χ1n) is 18.7. The summed E-state index contributed by atoms with van der Waals surface area (Å²) in [5, 5.41) is 6.05. The number of ether oxygens (including phenoxy) is 2. The number of aromatic amines is 2. The molecular weight excluding hydrogens is 724 g/mol. The summed E-state index contributed by atoms with van der Waals surface area (Å²) in [5.41, 5.74) is 0.643. The molecule has 0 saturated carbocycles. The van der Waals surface area contributed by atoms with E-state index in [2.05, 4.69) is 54.2 Å². The fraction of sp³-hybridized carbons (Fsp3) is 0.450. The van der Waals surface area contributed by atoms with E-state index in [1.807, 2.05) is 36.7 Å². The van der Waals surface area contributed by atoms with E-state index in [1.165, 1.54) is 14.2 Å². The molecule has 5 unspecified atom stereocenters. The summed E-state index contributed by atoms with van der Waals surface area (Å²) in [6.07, 6.45) is 6.00. The van der Waals surface area contributed by atoms with E-state index < -0.39 is 34.3 Å². The SMILES string of the molecule is COC(=O)NC1(C(=O)c2ccc(-c3ccc(C(=O)[C@@]4(NC(=O)OC)N5CCCC5C4(C)[C@H]4c5cnc4[nH]5)cc3)cc2)N2CCCC2C1(C)[C@H]1c2cnc1[nH]2.Cl. The molecule has 4 fully saturated rings. The Kier molecular flexibility index (Phi) is 7.76. The molecule has 2 aromatic heterocycles. The van der Waals surface area contributed by atoms with Gasteiger partial charge >= 0.3 is 12.2 Å². The molecule has 4 saturated heterocycles. The number of aromatic nitrogens is 4. The second kappa shape index (κ2) is 12.0. The molecule has 14 nitrogen and oxygen atoms in total. The number of alkyl carbamates (subject to hydrolysis) is 2. The van der Waals surface area contributed by atoms with Gasteiger partial charge in [-0.1, -0.05) is 62.4 Å². The number of carbonyl (C=O) groups excluding carboxylic acids is 4. The average Bonchev–Trinajstić information content (AvgIpc) is 4.04. The Morgan fingerprint density at radius 2 is 1.05 bits per heavy atom. The van der Waals surface area contributed by atoms with Crippen molar-refractivity contribution in [2.24, 2.45) is 10.8 Å². The largest absolute Gasteiger partial charge is 0.453 e. The first-order valence-corrected chi connectivity index (χ1v) is 18.7. The van der Waals surface area contributed by atoms with Crippen LogP contribution in [0.4, 0.5) is 9.59 Å². The van der Waals surface area contributed by atoms with E-state index in [4.69, 9.17) is 9.47 Å². The highest BCUT2D eigenvalue weighted by atomic mass is 35.5. The quantitative estimate of drug-likeness (QED) is 0.171. The number of hydrogen-bond acceptors (Lipinski definition) is 10. The van der Waals surface area contributed by atoms with Gasteiger partial charge in [0.1, 0.15) is 11.6 Å². The summed E-state index contributed by atoms with van der Waals surface area (Å²) in [7, 11) is 2.62. The van der Waals surface area contributed by atoms with Gasteiger partial charge in [0.05, 0.1) is 26.1 Å². The Balaban J connectivity index is 0.00000397. The van der Waals surface area contributed by atoms with Crippen LogP contribution in [0.3, 0.4) is 0 Å². The van der Waals surface area contributed by atoms with Gasteiger partial charge in [0.15, 0.2) is 11.3 Å². The van der Waals surface area contributed by atoms with Crippen LogP contribution in [0.25, 0.3) is 11.1 Å². The third kappa shape index (κ3) is 4.17. The van der Waals surface area contributed by atoms with Crippen molar-refractivity contribution in [2.75, 3.05) is 27.3 Å². The van der Waals surface area contributed by atoms with Gasteiger partial charge in [0, 0.05) is 70.9 Å². The molecule has 10 heterocycles. The number of halogens is 1. The highest BCUT2D eigenvalue weighted by Crippen LogP contribution is 2.67. The molecule has 4 aromatic rings. The van der Waals surface area contributed by atoms with Crippen LogP contribution < -0.4 is 10.6 Å². The third-order valence-corrected chi connectivity index (χ3v) is 14.1. The van der Waals surface area contributed by atoms with E-state index >= 15 is 0 Å². The van der Waals surface area contributed by atoms with Gasteiger partial charge in [0.25, 0.3) is 0 Å². The maximum absolute atomic E-state index is 14.8. The molecule has 8 atom stereocenters. The Bertz CT molecular complexity index is 2050. The number of imidazole rings is 2. The van der Waals surface area contributed by atoms with Crippen molar-refractivity contribution < 1.29 is 28.7 Å². The fourth-order valence-corrected chi connectivity index (χ4v) is 11.7. The number of benzene rings is 2. The topological polar surface area (TPSA) is 175 Å². The van der Waals surface area contributed by atoms with Crippen LogP contribution >= 0.6 is 12.4 Å². The molecule has 12 rings (SSSR count). The minimum Gasteiger partial charge on any atom is -0.453 e. The molecule has 8 aliphatic heterocycles. The predicted molar refractivity (Wildman–Crippen MR) is 201 cm³/mol. The van der Waals surface area contributed by atoms with E-state index in [0.29, 0.717) is 24.2 Å². The standard InChI is InChI=1S/C40H42N8O6.ClH/c1-37(29-25-19-41-33(29)43-25)27-7-5-17-47(27)39(37,45-35(51)53-3)31(49)23-13-9-21(10-14-23)22-11-15-24(16-12-22)32(50)40(46-36(52)54-4)38(2,28-8-6-18-48(28)40)30-26-20-42-34(30)44-26;/h9-16,19-20,27-30H,5-8,17-18H2,1-4H3,(H,41,43)(H,42,44)(H,45,51)(H,46,52);1H/t27?,28?,29-,30-,37?,38?,39+,40?;/m0./s1. The number of nitrogens with zero attached hydrogens (tertiary/aromatic N) is 4. The maximum atomic E-state index is 14.8. The van der Waals surface area contributed by atoms with Crippen molar-refractivity contribution in [3.8, 4) is 11.1 Å². The second-order valence-electron chi connectivity index (χ2n) is 16.0. The van der Waals surface area contributed by atoms with Crippen molar-refractivity contribution >= 4 is 36.2 Å². The minimum atomic E-state index is -1.32. The maximum Gasteiger partial charge on any atom is 0.408 e. The van der Waals surface area contributed by atoms with Crippen LogP contribution in [0.2, 0.25) is 0 Å². The van der Waals surface area contributed by atoms with Crippen molar-refractivity contribution in [1.29, 1.82) is 0 Å². The number of hydrogen-bond donors (Lipinski definition) is 4. The predicted octanol–water partition coefficient (Wildman–Crippen LogP) is 4.95. The van der Waals surface area contributed by atoms with Crippen molar-refractivity contribution in [2.45, 2.75) is 74.8 Å². The van der Waals surface area contributed by atoms with Gasteiger partial charge in [-0.15, -0.1) is 12.4 Å². The molecule has 286 valence electrons. The number of rotatable bonds is 9. The van der Waals surface area contributed by atoms with Crippen molar-refractivity contribution in [1.82, 2.24) is 40.4 Å². The van der Waals surface area contributed by atoms with Crippen LogP contribution in [0.1, 0.15) is 95.1 Å². The van der Waals surface area contributed by atoms with Gasteiger partial charge in [-0.3, -0.25) is 30.0 Å². The molecule has 0 spiro atoms. The second-order valence-corrected chi connectivity index (χ2v) is 16.0. The van der Waals surface area contributed by atoms with Crippen molar-refractivity contribution in [3.05, 3.63) is 95.1 Å².